The normalized spacial score (nSPS) is 34.9. The molecule has 0 amide bonds. The van der Waals surface area contributed by atoms with E-state index in [4.69, 9.17) is 15.2 Å². The van der Waals surface area contributed by atoms with Crippen LogP contribution in [0.4, 0.5) is 0 Å². The molecule has 2 saturated heterocycles. The van der Waals surface area contributed by atoms with Gasteiger partial charge in [-0.05, 0) is 38.0 Å². The molecule has 2 fully saturated rings. The zero-order valence-corrected chi connectivity index (χ0v) is 8.84. The van der Waals surface area contributed by atoms with Crippen LogP contribution >= 0.6 is 0 Å². The van der Waals surface area contributed by atoms with E-state index in [0.717, 1.165) is 38.6 Å². The summed E-state index contributed by atoms with van der Waals surface area (Å²) in [6, 6.07) is 0. The summed E-state index contributed by atoms with van der Waals surface area (Å²) in [4.78, 5) is 0. The lowest BCUT2D eigenvalue weighted by atomic mass is 9.84. The fourth-order valence-electron chi connectivity index (χ4n) is 2.64. The van der Waals surface area contributed by atoms with E-state index < -0.39 is 0 Å². The Kier molecular flexibility index (Phi) is 3.42. The van der Waals surface area contributed by atoms with Gasteiger partial charge in [0, 0.05) is 26.4 Å². The van der Waals surface area contributed by atoms with Gasteiger partial charge in [-0.1, -0.05) is 0 Å². The second-order valence-corrected chi connectivity index (χ2v) is 4.60. The van der Waals surface area contributed by atoms with Gasteiger partial charge in [0.1, 0.15) is 0 Å². The van der Waals surface area contributed by atoms with Crippen molar-refractivity contribution in [3.8, 4) is 0 Å². The van der Waals surface area contributed by atoms with Gasteiger partial charge in [-0.2, -0.15) is 0 Å². The van der Waals surface area contributed by atoms with Crippen molar-refractivity contribution in [1.29, 1.82) is 0 Å². The van der Waals surface area contributed by atoms with Gasteiger partial charge in [0.2, 0.25) is 0 Å². The molecule has 82 valence electrons. The maximum absolute atomic E-state index is 5.83. The Hall–Kier alpha value is -0.120. The lowest BCUT2D eigenvalue weighted by molar-refractivity contribution is -0.0265. The number of hydrogen-bond acceptors (Lipinski definition) is 3. The zero-order valence-electron chi connectivity index (χ0n) is 8.84. The first-order valence-corrected chi connectivity index (χ1v) is 5.76. The molecule has 1 unspecified atom stereocenters. The molecule has 0 spiro atoms. The summed E-state index contributed by atoms with van der Waals surface area (Å²) in [6.07, 6.45) is 5.85. The van der Waals surface area contributed by atoms with Crippen LogP contribution in [0.1, 0.15) is 32.1 Å². The third kappa shape index (κ3) is 2.27. The van der Waals surface area contributed by atoms with Crippen LogP contribution in [0.3, 0.4) is 0 Å². The summed E-state index contributed by atoms with van der Waals surface area (Å²) >= 11 is 0. The van der Waals surface area contributed by atoms with Crippen LogP contribution in [0.5, 0.6) is 0 Å². The molecule has 0 saturated carbocycles. The average Bonchev–Trinajstić information content (AvgIpc) is 2.69. The Bertz CT molecular complexity index is 172. The molecule has 2 heterocycles. The number of rotatable bonds is 3. The van der Waals surface area contributed by atoms with Crippen molar-refractivity contribution in [2.75, 3.05) is 26.4 Å². The highest BCUT2D eigenvalue weighted by Gasteiger charge is 2.36. The number of hydrogen-bond donors (Lipinski definition) is 1. The van der Waals surface area contributed by atoms with E-state index in [0.29, 0.717) is 6.54 Å². The molecular weight excluding hydrogens is 178 g/mol. The van der Waals surface area contributed by atoms with Crippen LogP contribution in [-0.4, -0.2) is 32.0 Å². The standard InChI is InChI=1S/C11H21NO2/c12-9-11(4-1-5-14-11)8-10-2-6-13-7-3-10/h10H,1-9,12H2. The van der Waals surface area contributed by atoms with Crippen LogP contribution < -0.4 is 5.73 Å². The van der Waals surface area contributed by atoms with Crippen molar-refractivity contribution in [2.45, 2.75) is 37.7 Å². The van der Waals surface area contributed by atoms with Crippen molar-refractivity contribution >= 4 is 0 Å². The minimum atomic E-state index is 0.0159. The van der Waals surface area contributed by atoms with Crippen LogP contribution in [-0.2, 0) is 9.47 Å². The SMILES string of the molecule is NCC1(CC2CCOCC2)CCCO1. The molecule has 3 heteroatoms. The summed E-state index contributed by atoms with van der Waals surface area (Å²) in [5.41, 5.74) is 5.85. The Balaban J connectivity index is 1.86. The second-order valence-electron chi connectivity index (χ2n) is 4.60. The third-order valence-corrected chi connectivity index (χ3v) is 3.56. The molecule has 0 aromatic carbocycles. The van der Waals surface area contributed by atoms with E-state index >= 15 is 0 Å². The molecular formula is C11H21NO2. The van der Waals surface area contributed by atoms with Gasteiger partial charge in [0.05, 0.1) is 5.60 Å². The first-order valence-electron chi connectivity index (χ1n) is 5.76. The molecule has 2 rings (SSSR count). The maximum atomic E-state index is 5.83. The van der Waals surface area contributed by atoms with Crippen molar-refractivity contribution in [3.63, 3.8) is 0 Å². The molecule has 14 heavy (non-hydrogen) atoms. The third-order valence-electron chi connectivity index (χ3n) is 3.56. The number of nitrogens with two attached hydrogens (primary N) is 1. The predicted octanol–water partition coefficient (Wildman–Crippen LogP) is 1.31. The fourth-order valence-corrected chi connectivity index (χ4v) is 2.64. The first kappa shape index (κ1) is 10.4. The summed E-state index contributed by atoms with van der Waals surface area (Å²) in [6.45, 7) is 3.43. The Morgan fingerprint density at radius 2 is 2.00 bits per heavy atom. The molecule has 0 aromatic rings. The van der Waals surface area contributed by atoms with Crippen molar-refractivity contribution in [1.82, 2.24) is 0 Å². The Morgan fingerprint density at radius 3 is 2.57 bits per heavy atom. The van der Waals surface area contributed by atoms with Crippen molar-refractivity contribution < 1.29 is 9.47 Å². The summed E-state index contributed by atoms with van der Waals surface area (Å²) in [7, 11) is 0. The van der Waals surface area contributed by atoms with Gasteiger partial charge in [-0.15, -0.1) is 0 Å². The van der Waals surface area contributed by atoms with Gasteiger partial charge >= 0.3 is 0 Å². The van der Waals surface area contributed by atoms with Gasteiger partial charge < -0.3 is 15.2 Å². The van der Waals surface area contributed by atoms with Crippen LogP contribution in [0.2, 0.25) is 0 Å². The molecule has 1 atom stereocenters. The molecule has 0 bridgehead atoms. The predicted molar refractivity (Wildman–Crippen MR) is 55.1 cm³/mol. The highest BCUT2D eigenvalue weighted by Crippen LogP contribution is 2.34. The van der Waals surface area contributed by atoms with E-state index in [2.05, 4.69) is 0 Å². The smallest absolute Gasteiger partial charge is 0.0807 e. The summed E-state index contributed by atoms with van der Waals surface area (Å²) in [5.74, 6) is 0.769. The fraction of sp³-hybridized carbons (Fsp3) is 1.00. The lowest BCUT2D eigenvalue weighted by Gasteiger charge is -2.33. The number of ether oxygens (including phenoxy) is 2. The van der Waals surface area contributed by atoms with Gasteiger partial charge in [0.15, 0.2) is 0 Å². The van der Waals surface area contributed by atoms with Crippen LogP contribution in [0.25, 0.3) is 0 Å². The van der Waals surface area contributed by atoms with E-state index in [1.165, 1.54) is 19.3 Å². The van der Waals surface area contributed by atoms with Gasteiger partial charge in [0.25, 0.3) is 0 Å². The van der Waals surface area contributed by atoms with E-state index in [1.54, 1.807) is 0 Å². The van der Waals surface area contributed by atoms with E-state index in [9.17, 15) is 0 Å². The molecule has 0 aliphatic carbocycles. The molecule has 3 nitrogen and oxygen atoms in total. The molecule has 2 aliphatic rings. The lowest BCUT2D eigenvalue weighted by Crippen LogP contribution is -2.40. The van der Waals surface area contributed by atoms with E-state index in [-0.39, 0.29) is 5.60 Å². The maximum Gasteiger partial charge on any atom is 0.0807 e. The average molecular weight is 199 g/mol. The second kappa shape index (κ2) is 4.60. The molecule has 0 radical (unpaired) electrons. The minimum absolute atomic E-state index is 0.0159. The zero-order chi connectivity index (χ0) is 9.86. The topological polar surface area (TPSA) is 44.5 Å². The van der Waals surface area contributed by atoms with Crippen molar-refractivity contribution in [3.05, 3.63) is 0 Å². The highest BCUT2D eigenvalue weighted by molar-refractivity contribution is 4.88. The van der Waals surface area contributed by atoms with E-state index in [1.807, 2.05) is 0 Å². The summed E-state index contributed by atoms with van der Waals surface area (Å²) in [5, 5.41) is 0. The Morgan fingerprint density at radius 1 is 1.21 bits per heavy atom. The Labute approximate surface area is 85.9 Å². The molecule has 2 N–H and O–H groups in total. The molecule has 2 aliphatic heterocycles. The summed E-state index contributed by atoms with van der Waals surface area (Å²) < 4.78 is 11.2. The minimum Gasteiger partial charge on any atom is -0.381 e. The molecule has 0 aromatic heterocycles. The van der Waals surface area contributed by atoms with Gasteiger partial charge in [-0.3, -0.25) is 0 Å². The van der Waals surface area contributed by atoms with Crippen LogP contribution in [0.15, 0.2) is 0 Å². The monoisotopic (exact) mass is 199 g/mol. The van der Waals surface area contributed by atoms with Gasteiger partial charge in [-0.25, -0.2) is 0 Å². The highest BCUT2D eigenvalue weighted by atomic mass is 16.5. The first-order chi connectivity index (χ1) is 6.85. The quantitative estimate of drug-likeness (QED) is 0.745. The van der Waals surface area contributed by atoms with Crippen molar-refractivity contribution in [2.24, 2.45) is 11.7 Å². The largest absolute Gasteiger partial charge is 0.381 e. The van der Waals surface area contributed by atoms with Crippen LogP contribution in [0, 0.1) is 5.92 Å².